The van der Waals surface area contributed by atoms with Crippen LogP contribution in [-0.4, -0.2) is 18.4 Å². The number of amides is 2. The quantitative estimate of drug-likeness (QED) is 0.939. The molecule has 0 atom stereocenters. The van der Waals surface area contributed by atoms with E-state index in [0.717, 1.165) is 11.3 Å². The second-order valence-electron chi connectivity index (χ2n) is 4.99. The van der Waals surface area contributed by atoms with E-state index >= 15 is 0 Å². The molecule has 0 saturated heterocycles. The number of nitrogens with zero attached hydrogens (tertiary/aromatic N) is 1. The summed E-state index contributed by atoms with van der Waals surface area (Å²) in [5, 5.41) is 2.84. The first-order valence-electron chi connectivity index (χ1n) is 6.87. The highest BCUT2D eigenvalue weighted by atomic mass is 16.3. The zero-order valence-corrected chi connectivity index (χ0v) is 11.8. The van der Waals surface area contributed by atoms with E-state index in [1.165, 1.54) is 0 Å². The molecule has 5 nitrogen and oxygen atoms in total. The van der Waals surface area contributed by atoms with Gasteiger partial charge in [0.1, 0.15) is 5.76 Å². The lowest BCUT2D eigenvalue weighted by atomic mass is 10.0. The minimum Gasteiger partial charge on any atom is -0.467 e. The van der Waals surface area contributed by atoms with Gasteiger partial charge in [-0.05, 0) is 36.2 Å². The standard InChI is InChI=1S/C16H16N2O3/c1-11(19)18-8-7-13-14(5-2-6-15(13)18)16(20)17-10-12-4-3-9-21-12/h2-6,9H,7-8,10H2,1H3,(H,17,20). The first-order chi connectivity index (χ1) is 10.2. The van der Waals surface area contributed by atoms with Crippen molar-refractivity contribution in [3.8, 4) is 0 Å². The van der Waals surface area contributed by atoms with Crippen molar-refractivity contribution in [1.29, 1.82) is 0 Å². The highest BCUT2D eigenvalue weighted by Gasteiger charge is 2.26. The summed E-state index contributed by atoms with van der Waals surface area (Å²) in [4.78, 5) is 25.6. The minimum atomic E-state index is -0.145. The van der Waals surface area contributed by atoms with Crippen molar-refractivity contribution in [2.24, 2.45) is 0 Å². The van der Waals surface area contributed by atoms with Crippen molar-refractivity contribution in [1.82, 2.24) is 5.32 Å². The molecule has 0 spiro atoms. The number of fused-ring (bicyclic) bond motifs is 1. The molecular formula is C16H16N2O3. The van der Waals surface area contributed by atoms with Crippen LogP contribution in [0.3, 0.4) is 0 Å². The molecule has 108 valence electrons. The van der Waals surface area contributed by atoms with E-state index in [1.54, 1.807) is 30.2 Å². The number of carbonyl (C=O) groups excluding carboxylic acids is 2. The highest BCUT2D eigenvalue weighted by molar-refractivity contribution is 6.01. The van der Waals surface area contributed by atoms with Gasteiger partial charge in [0.05, 0.1) is 12.8 Å². The fourth-order valence-electron chi connectivity index (χ4n) is 2.65. The van der Waals surface area contributed by atoms with Gasteiger partial charge in [-0.2, -0.15) is 0 Å². The molecule has 0 saturated carbocycles. The summed E-state index contributed by atoms with van der Waals surface area (Å²) < 4.78 is 5.19. The maximum Gasteiger partial charge on any atom is 0.252 e. The molecule has 0 fully saturated rings. The zero-order chi connectivity index (χ0) is 14.8. The number of furan rings is 1. The number of nitrogens with one attached hydrogen (secondary N) is 1. The lowest BCUT2D eigenvalue weighted by Crippen LogP contribution is -2.26. The van der Waals surface area contributed by atoms with Crippen LogP contribution in [0.15, 0.2) is 41.0 Å². The van der Waals surface area contributed by atoms with Gasteiger partial charge in [0.15, 0.2) is 0 Å². The van der Waals surface area contributed by atoms with Crippen molar-refractivity contribution in [2.45, 2.75) is 19.9 Å². The molecule has 1 N–H and O–H groups in total. The van der Waals surface area contributed by atoms with Gasteiger partial charge in [-0.15, -0.1) is 0 Å². The molecule has 0 bridgehead atoms. The largest absolute Gasteiger partial charge is 0.467 e. The molecule has 0 unspecified atom stereocenters. The first-order valence-corrected chi connectivity index (χ1v) is 6.87. The van der Waals surface area contributed by atoms with Crippen LogP contribution >= 0.6 is 0 Å². The maximum atomic E-state index is 12.3. The van der Waals surface area contributed by atoms with Crippen molar-refractivity contribution in [2.75, 3.05) is 11.4 Å². The van der Waals surface area contributed by atoms with E-state index in [4.69, 9.17) is 4.42 Å². The summed E-state index contributed by atoms with van der Waals surface area (Å²) in [6.45, 7) is 2.53. The Bertz CT molecular complexity index is 677. The van der Waals surface area contributed by atoms with Crippen molar-refractivity contribution in [3.63, 3.8) is 0 Å². The number of rotatable bonds is 3. The first kappa shape index (κ1) is 13.4. The molecule has 2 amide bonds. The molecule has 2 aromatic rings. The summed E-state index contributed by atoms with van der Waals surface area (Å²) >= 11 is 0. The summed E-state index contributed by atoms with van der Waals surface area (Å²) in [5.41, 5.74) is 2.40. The van der Waals surface area contributed by atoms with Gasteiger partial charge < -0.3 is 14.6 Å². The van der Waals surface area contributed by atoms with Crippen LogP contribution in [0.1, 0.15) is 28.6 Å². The van der Waals surface area contributed by atoms with Crippen LogP contribution < -0.4 is 10.2 Å². The van der Waals surface area contributed by atoms with E-state index < -0.39 is 0 Å². The fourth-order valence-corrected chi connectivity index (χ4v) is 2.65. The molecule has 2 heterocycles. The van der Waals surface area contributed by atoms with E-state index in [-0.39, 0.29) is 11.8 Å². The molecule has 1 aliphatic heterocycles. The highest BCUT2D eigenvalue weighted by Crippen LogP contribution is 2.30. The van der Waals surface area contributed by atoms with E-state index in [9.17, 15) is 9.59 Å². The Hall–Kier alpha value is -2.56. The van der Waals surface area contributed by atoms with Gasteiger partial charge in [-0.3, -0.25) is 9.59 Å². The van der Waals surface area contributed by atoms with Crippen molar-refractivity contribution < 1.29 is 14.0 Å². The third kappa shape index (κ3) is 2.54. The summed E-state index contributed by atoms with van der Waals surface area (Å²) in [6, 6.07) is 9.08. The average Bonchev–Trinajstić information content (AvgIpc) is 3.13. The van der Waals surface area contributed by atoms with Crippen LogP contribution in [-0.2, 0) is 17.8 Å². The predicted octanol–water partition coefficient (Wildman–Crippen LogP) is 2.12. The second-order valence-corrected chi connectivity index (χ2v) is 4.99. The van der Waals surface area contributed by atoms with Gasteiger partial charge in [0.25, 0.3) is 5.91 Å². The van der Waals surface area contributed by atoms with Crippen LogP contribution in [0, 0.1) is 0 Å². The normalized spacial score (nSPS) is 13.1. The Kier molecular flexibility index (Phi) is 3.48. The summed E-state index contributed by atoms with van der Waals surface area (Å²) in [6.07, 6.45) is 2.28. The summed E-state index contributed by atoms with van der Waals surface area (Å²) in [7, 11) is 0. The number of hydrogen-bond acceptors (Lipinski definition) is 3. The molecule has 1 aromatic carbocycles. The molecule has 21 heavy (non-hydrogen) atoms. The third-order valence-electron chi connectivity index (χ3n) is 3.66. The molecule has 5 heteroatoms. The Labute approximate surface area is 122 Å². The van der Waals surface area contributed by atoms with Gasteiger partial charge in [0.2, 0.25) is 5.91 Å². The van der Waals surface area contributed by atoms with E-state index in [0.29, 0.717) is 30.8 Å². The van der Waals surface area contributed by atoms with Gasteiger partial charge in [-0.1, -0.05) is 6.07 Å². The van der Waals surface area contributed by atoms with Crippen LogP contribution in [0.25, 0.3) is 0 Å². The number of hydrogen-bond donors (Lipinski definition) is 1. The fraction of sp³-hybridized carbons (Fsp3) is 0.250. The Morgan fingerprint density at radius 3 is 2.86 bits per heavy atom. The molecule has 3 rings (SSSR count). The summed E-state index contributed by atoms with van der Waals surface area (Å²) in [5.74, 6) is 0.567. The molecule has 0 radical (unpaired) electrons. The topological polar surface area (TPSA) is 62.6 Å². The minimum absolute atomic E-state index is 0.00175. The smallest absolute Gasteiger partial charge is 0.252 e. The monoisotopic (exact) mass is 284 g/mol. The molecule has 1 aliphatic rings. The molecule has 0 aliphatic carbocycles. The van der Waals surface area contributed by atoms with Crippen LogP contribution in [0.4, 0.5) is 5.69 Å². The third-order valence-corrected chi connectivity index (χ3v) is 3.66. The van der Waals surface area contributed by atoms with Crippen LogP contribution in [0.5, 0.6) is 0 Å². The van der Waals surface area contributed by atoms with E-state index in [2.05, 4.69) is 5.32 Å². The maximum absolute atomic E-state index is 12.3. The van der Waals surface area contributed by atoms with E-state index in [1.807, 2.05) is 18.2 Å². The number of benzene rings is 1. The molecular weight excluding hydrogens is 268 g/mol. The lowest BCUT2D eigenvalue weighted by molar-refractivity contribution is -0.116. The average molecular weight is 284 g/mol. The Balaban J connectivity index is 1.80. The number of carbonyl (C=O) groups is 2. The Morgan fingerprint density at radius 1 is 1.29 bits per heavy atom. The predicted molar refractivity (Wildman–Crippen MR) is 78.1 cm³/mol. The SMILES string of the molecule is CC(=O)N1CCc2c(C(=O)NCc3ccco3)cccc21. The number of anilines is 1. The Morgan fingerprint density at radius 2 is 2.14 bits per heavy atom. The van der Waals surface area contributed by atoms with Crippen LogP contribution in [0.2, 0.25) is 0 Å². The van der Waals surface area contributed by atoms with Crippen molar-refractivity contribution in [3.05, 3.63) is 53.5 Å². The lowest BCUT2D eigenvalue weighted by Gasteiger charge is -2.15. The van der Waals surface area contributed by atoms with Gasteiger partial charge in [0, 0.05) is 24.7 Å². The van der Waals surface area contributed by atoms with Gasteiger partial charge >= 0.3 is 0 Å². The zero-order valence-electron chi connectivity index (χ0n) is 11.8. The second kappa shape index (κ2) is 5.44. The molecule has 1 aromatic heterocycles. The van der Waals surface area contributed by atoms with Crippen molar-refractivity contribution >= 4 is 17.5 Å². The van der Waals surface area contributed by atoms with Gasteiger partial charge in [-0.25, -0.2) is 0 Å².